The number of pyridine rings is 1. The van der Waals surface area contributed by atoms with E-state index < -0.39 is 15.1 Å². The van der Waals surface area contributed by atoms with E-state index in [9.17, 15) is 13.2 Å². The number of rotatable bonds is 3. The highest BCUT2D eigenvalue weighted by Gasteiger charge is 2.33. The molecule has 122 valence electrons. The van der Waals surface area contributed by atoms with Crippen LogP contribution in [0.15, 0.2) is 34.9 Å². The summed E-state index contributed by atoms with van der Waals surface area (Å²) >= 11 is 0. The maximum Gasteiger partial charge on any atom is 0.255 e. The molecule has 1 atom stereocenters. The van der Waals surface area contributed by atoms with Crippen molar-refractivity contribution in [1.82, 2.24) is 9.88 Å². The fraction of sp³-hybridized carbons (Fsp3) is 0.375. The fourth-order valence-electron chi connectivity index (χ4n) is 2.78. The number of aryl methyl sites for hydroxylation is 1. The van der Waals surface area contributed by atoms with Crippen LogP contribution >= 0.6 is 0 Å². The summed E-state index contributed by atoms with van der Waals surface area (Å²) in [6.07, 6.45) is 3.28. The molecule has 0 spiro atoms. The summed E-state index contributed by atoms with van der Waals surface area (Å²) in [4.78, 5) is 18.6. The van der Waals surface area contributed by atoms with Gasteiger partial charge in [0.2, 0.25) is 0 Å². The van der Waals surface area contributed by atoms with Crippen molar-refractivity contribution in [2.24, 2.45) is 0 Å². The number of amides is 1. The lowest BCUT2D eigenvalue weighted by molar-refractivity contribution is 0.0792. The zero-order valence-electron chi connectivity index (χ0n) is 13.0. The zero-order valence-corrected chi connectivity index (χ0v) is 13.8. The minimum absolute atomic E-state index is 0.174. The number of carbonyl (C=O) groups excluding carboxylic acids is 1. The highest BCUT2D eigenvalue weighted by molar-refractivity contribution is 7.91. The van der Waals surface area contributed by atoms with Gasteiger partial charge >= 0.3 is 0 Å². The second kappa shape index (κ2) is 5.81. The van der Waals surface area contributed by atoms with Crippen molar-refractivity contribution >= 4 is 15.7 Å². The number of carbonyl (C=O) groups is 1. The van der Waals surface area contributed by atoms with Crippen LogP contribution in [-0.4, -0.2) is 48.8 Å². The predicted octanol–water partition coefficient (Wildman–Crippen LogP) is 1.91. The number of aromatic nitrogens is 1. The van der Waals surface area contributed by atoms with Gasteiger partial charge in [-0.3, -0.25) is 4.79 Å². The van der Waals surface area contributed by atoms with E-state index >= 15 is 0 Å². The first-order chi connectivity index (χ1) is 10.9. The summed E-state index contributed by atoms with van der Waals surface area (Å²) in [6.45, 7) is 2.47. The van der Waals surface area contributed by atoms with E-state index in [1.54, 1.807) is 42.4 Å². The molecular weight excluding hydrogens is 316 g/mol. The standard InChI is InChI=1S/C16H18N2O4S/c1-11-13(5-6-14(17-11)15-4-3-9-22-15)16(19)18-8-7-12(10-18)23(2,20)21/h3-6,9,12H,7-8,10H2,1-2H3. The Labute approximate surface area is 135 Å². The maximum absolute atomic E-state index is 12.6. The summed E-state index contributed by atoms with van der Waals surface area (Å²) in [6, 6.07) is 7.04. The Morgan fingerprint density at radius 2 is 2.13 bits per heavy atom. The average molecular weight is 334 g/mol. The summed E-state index contributed by atoms with van der Waals surface area (Å²) in [5.74, 6) is 0.470. The average Bonchev–Trinajstić information content (AvgIpc) is 3.17. The Morgan fingerprint density at radius 1 is 1.35 bits per heavy atom. The van der Waals surface area contributed by atoms with Gasteiger partial charge < -0.3 is 9.32 Å². The largest absolute Gasteiger partial charge is 0.463 e. The monoisotopic (exact) mass is 334 g/mol. The topological polar surface area (TPSA) is 80.5 Å². The minimum atomic E-state index is -3.12. The Bertz CT molecular complexity index is 828. The normalized spacial score (nSPS) is 18.3. The molecule has 2 aromatic heterocycles. The van der Waals surface area contributed by atoms with E-state index in [-0.39, 0.29) is 12.5 Å². The molecule has 1 aliphatic rings. The SMILES string of the molecule is Cc1nc(-c2ccco2)ccc1C(=O)N1CCC(S(C)(=O)=O)C1. The number of sulfone groups is 1. The van der Waals surface area contributed by atoms with Crippen LogP contribution in [0.1, 0.15) is 22.5 Å². The van der Waals surface area contributed by atoms with Crippen LogP contribution in [0.3, 0.4) is 0 Å². The molecule has 1 aliphatic heterocycles. The first-order valence-electron chi connectivity index (χ1n) is 7.36. The molecule has 3 heterocycles. The van der Waals surface area contributed by atoms with Crippen molar-refractivity contribution in [2.75, 3.05) is 19.3 Å². The molecule has 1 fully saturated rings. The molecule has 0 bridgehead atoms. The molecule has 0 saturated carbocycles. The molecule has 1 unspecified atom stereocenters. The van der Waals surface area contributed by atoms with Crippen molar-refractivity contribution in [3.63, 3.8) is 0 Å². The van der Waals surface area contributed by atoms with E-state index in [0.717, 1.165) is 0 Å². The van der Waals surface area contributed by atoms with Crippen LogP contribution in [0.25, 0.3) is 11.5 Å². The van der Waals surface area contributed by atoms with Gasteiger partial charge in [0.05, 0.1) is 22.8 Å². The lowest BCUT2D eigenvalue weighted by atomic mass is 10.1. The molecular formula is C16H18N2O4S. The van der Waals surface area contributed by atoms with Gasteiger partial charge in [0.25, 0.3) is 5.91 Å². The Morgan fingerprint density at radius 3 is 2.70 bits per heavy atom. The van der Waals surface area contributed by atoms with Crippen LogP contribution in [0.4, 0.5) is 0 Å². The summed E-state index contributed by atoms with van der Waals surface area (Å²) in [7, 11) is -3.12. The van der Waals surface area contributed by atoms with Crippen molar-refractivity contribution < 1.29 is 17.6 Å². The van der Waals surface area contributed by atoms with E-state index in [1.807, 2.05) is 0 Å². The van der Waals surface area contributed by atoms with Gasteiger partial charge in [-0.15, -0.1) is 0 Å². The quantitative estimate of drug-likeness (QED) is 0.856. The zero-order chi connectivity index (χ0) is 16.6. The summed E-state index contributed by atoms with van der Waals surface area (Å²) in [5.41, 5.74) is 1.76. The van der Waals surface area contributed by atoms with Gasteiger partial charge in [-0.25, -0.2) is 13.4 Å². The van der Waals surface area contributed by atoms with Crippen LogP contribution in [0.2, 0.25) is 0 Å². The third kappa shape index (κ3) is 3.14. The molecule has 7 heteroatoms. The molecule has 0 radical (unpaired) electrons. The van der Waals surface area contributed by atoms with E-state index in [4.69, 9.17) is 4.42 Å². The number of hydrogen-bond donors (Lipinski definition) is 0. The molecule has 23 heavy (non-hydrogen) atoms. The lowest BCUT2D eigenvalue weighted by Crippen LogP contribution is -2.32. The van der Waals surface area contributed by atoms with E-state index in [1.165, 1.54) is 6.26 Å². The number of hydrogen-bond acceptors (Lipinski definition) is 5. The van der Waals surface area contributed by atoms with Gasteiger partial charge in [-0.1, -0.05) is 0 Å². The van der Waals surface area contributed by atoms with Gasteiger partial charge in [-0.2, -0.15) is 0 Å². The fourth-order valence-corrected chi connectivity index (χ4v) is 3.77. The molecule has 3 rings (SSSR count). The van der Waals surface area contributed by atoms with Crippen molar-refractivity contribution in [3.05, 3.63) is 41.8 Å². The predicted molar refractivity (Wildman–Crippen MR) is 85.8 cm³/mol. The van der Waals surface area contributed by atoms with Crippen LogP contribution in [0, 0.1) is 6.92 Å². The third-order valence-electron chi connectivity index (χ3n) is 4.13. The van der Waals surface area contributed by atoms with Gasteiger partial charge in [0.15, 0.2) is 15.6 Å². The highest BCUT2D eigenvalue weighted by atomic mass is 32.2. The molecule has 0 aromatic carbocycles. The lowest BCUT2D eigenvalue weighted by Gasteiger charge is -2.17. The Kier molecular flexibility index (Phi) is 3.97. The van der Waals surface area contributed by atoms with E-state index in [0.29, 0.717) is 35.7 Å². The van der Waals surface area contributed by atoms with Crippen molar-refractivity contribution in [3.8, 4) is 11.5 Å². The molecule has 0 aliphatic carbocycles. The Hall–Kier alpha value is -2.15. The molecule has 1 amide bonds. The van der Waals surface area contributed by atoms with Gasteiger partial charge in [0.1, 0.15) is 5.69 Å². The summed E-state index contributed by atoms with van der Waals surface area (Å²) in [5, 5.41) is -0.470. The first-order valence-corrected chi connectivity index (χ1v) is 9.31. The van der Waals surface area contributed by atoms with Gasteiger partial charge in [-0.05, 0) is 37.6 Å². The number of likely N-dealkylation sites (tertiary alicyclic amines) is 1. The third-order valence-corrected chi connectivity index (χ3v) is 5.72. The molecule has 2 aromatic rings. The van der Waals surface area contributed by atoms with Crippen LogP contribution in [-0.2, 0) is 9.84 Å². The van der Waals surface area contributed by atoms with Crippen molar-refractivity contribution in [1.29, 1.82) is 0 Å². The number of furan rings is 1. The van der Waals surface area contributed by atoms with Crippen LogP contribution < -0.4 is 0 Å². The van der Waals surface area contributed by atoms with Gasteiger partial charge in [0, 0.05) is 19.3 Å². The molecule has 0 N–H and O–H groups in total. The second-order valence-corrected chi connectivity index (χ2v) is 8.12. The van der Waals surface area contributed by atoms with Crippen LogP contribution in [0.5, 0.6) is 0 Å². The van der Waals surface area contributed by atoms with E-state index in [2.05, 4.69) is 4.98 Å². The Balaban J connectivity index is 1.81. The molecule has 1 saturated heterocycles. The summed E-state index contributed by atoms with van der Waals surface area (Å²) < 4.78 is 28.5. The first kappa shape index (κ1) is 15.7. The smallest absolute Gasteiger partial charge is 0.255 e. The number of nitrogens with zero attached hydrogens (tertiary/aromatic N) is 2. The minimum Gasteiger partial charge on any atom is -0.463 e. The second-order valence-electron chi connectivity index (χ2n) is 5.80. The maximum atomic E-state index is 12.6. The molecule has 6 nitrogen and oxygen atoms in total. The highest BCUT2D eigenvalue weighted by Crippen LogP contribution is 2.22. The van der Waals surface area contributed by atoms with Crippen molar-refractivity contribution in [2.45, 2.75) is 18.6 Å².